The highest BCUT2D eigenvalue weighted by Crippen LogP contribution is 2.17. The maximum atomic E-state index is 12.3. The third-order valence-corrected chi connectivity index (χ3v) is 3.39. The van der Waals surface area contributed by atoms with Crippen LogP contribution < -0.4 is 5.73 Å². The minimum absolute atomic E-state index is 0. The van der Waals surface area contributed by atoms with Crippen LogP contribution in [0.15, 0.2) is 30.3 Å². The number of hydrogen-bond donors (Lipinski definition) is 1. The minimum atomic E-state index is 0. The summed E-state index contributed by atoms with van der Waals surface area (Å²) >= 11 is 0. The van der Waals surface area contributed by atoms with Crippen LogP contribution in [-0.2, 0) is 16.1 Å². The van der Waals surface area contributed by atoms with Crippen molar-refractivity contribution >= 4 is 18.3 Å². The number of benzene rings is 1. The maximum absolute atomic E-state index is 12.3. The molecule has 0 radical (unpaired) electrons. The molecule has 112 valence electrons. The fourth-order valence-electron chi connectivity index (χ4n) is 2.38. The third-order valence-electron chi connectivity index (χ3n) is 3.39. The largest absolute Gasteiger partial charge is 0.378 e. The van der Waals surface area contributed by atoms with Crippen molar-refractivity contribution in [3.63, 3.8) is 0 Å². The van der Waals surface area contributed by atoms with E-state index in [0.29, 0.717) is 26.1 Å². The average Bonchev–Trinajstić information content (AvgIpc) is 2.92. The van der Waals surface area contributed by atoms with E-state index < -0.39 is 0 Å². The average molecular weight is 299 g/mol. The van der Waals surface area contributed by atoms with Gasteiger partial charge in [0.05, 0.1) is 12.5 Å². The lowest BCUT2D eigenvalue weighted by Gasteiger charge is -2.23. The predicted molar refractivity (Wildman–Crippen MR) is 81.8 cm³/mol. The van der Waals surface area contributed by atoms with E-state index >= 15 is 0 Å². The SMILES string of the molecule is Cl.NCCN(Cc1ccccc1)C(=O)CC1CCCO1. The van der Waals surface area contributed by atoms with Crippen LogP contribution in [0.25, 0.3) is 0 Å². The summed E-state index contributed by atoms with van der Waals surface area (Å²) < 4.78 is 5.52. The third kappa shape index (κ3) is 5.12. The van der Waals surface area contributed by atoms with Gasteiger partial charge in [0.15, 0.2) is 0 Å². The number of nitrogens with zero attached hydrogens (tertiary/aromatic N) is 1. The first-order chi connectivity index (χ1) is 9.29. The lowest BCUT2D eigenvalue weighted by Crippen LogP contribution is -2.36. The zero-order valence-corrected chi connectivity index (χ0v) is 12.5. The molecular weight excluding hydrogens is 276 g/mol. The predicted octanol–water partition coefficient (Wildman–Crippen LogP) is 1.96. The quantitative estimate of drug-likeness (QED) is 0.873. The highest BCUT2D eigenvalue weighted by atomic mass is 35.5. The van der Waals surface area contributed by atoms with Gasteiger partial charge in [0.1, 0.15) is 0 Å². The number of carbonyl (C=O) groups excluding carboxylic acids is 1. The van der Waals surface area contributed by atoms with E-state index in [9.17, 15) is 4.79 Å². The van der Waals surface area contributed by atoms with Crippen LogP contribution in [-0.4, -0.2) is 36.6 Å². The molecule has 4 nitrogen and oxygen atoms in total. The molecule has 1 unspecified atom stereocenters. The Morgan fingerprint density at radius 3 is 2.70 bits per heavy atom. The molecule has 0 aromatic heterocycles. The van der Waals surface area contributed by atoms with Gasteiger partial charge in [0, 0.05) is 26.2 Å². The second kappa shape index (κ2) is 8.95. The summed E-state index contributed by atoms with van der Waals surface area (Å²) in [6.07, 6.45) is 2.64. The first-order valence-electron chi connectivity index (χ1n) is 6.93. The van der Waals surface area contributed by atoms with E-state index in [2.05, 4.69) is 0 Å². The van der Waals surface area contributed by atoms with E-state index in [0.717, 1.165) is 25.0 Å². The monoisotopic (exact) mass is 298 g/mol. The van der Waals surface area contributed by atoms with Crippen molar-refractivity contribution in [3.8, 4) is 0 Å². The van der Waals surface area contributed by atoms with Crippen molar-refractivity contribution in [2.24, 2.45) is 5.73 Å². The van der Waals surface area contributed by atoms with Gasteiger partial charge in [-0.1, -0.05) is 30.3 Å². The molecular formula is C15H23ClN2O2. The van der Waals surface area contributed by atoms with Crippen LogP contribution in [0.3, 0.4) is 0 Å². The van der Waals surface area contributed by atoms with Gasteiger partial charge in [-0.15, -0.1) is 12.4 Å². The molecule has 0 saturated carbocycles. The molecule has 5 heteroatoms. The Bertz CT molecular complexity index is 394. The Labute approximate surface area is 126 Å². The highest BCUT2D eigenvalue weighted by molar-refractivity contribution is 5.85. The Morgan fingerprint density at radius 1 is 1.35 bits per heavy atom. The maximum Gasteiger partial charge on any atom is 0.225 e. The Balaban J connectivity index is 0.00000200. The molecule has 0 aliphatic carbocycles. The van der Waals surface area contributed by atoms with Crippen LogP contribution in [0.2, 0.25) is 0 Å². The van der Waals surface area contributed by atoms with Crippen molar-refractivity contribution in [1.29, 1.82) is 0 Å². The fourth-order valence-corrected chi connectivity index (χ4v) is 2.38. The van der Waals surface area contributed by atoms with Crippen molar-refractivity contribution in [1.82, 2.24) is 4.90 Å². The molecule has 1 amide bonds. The second-order valence-electron chi connectivity index (χ2n) is 4.93. The Kier molecular flexibility index (Phi) is 7.59. The molecule has 0 spiro atoms. The fraction of sp³-hybridized carbons (Fsp3) is 0.533. The molecule has 1 aliphatic rings. The molecule has 1 fully saturated rings. The highest BCUT2D eigenvalue weighted by Gasteiger charge is 2.22. The van der Waals surface area contributed by atoms with Gasteiger partial charge in [-0.2, -0.15) is 0 Å². The molecule has 2 rings (SSSR count). The summed E-state index contributed by atoms with van der Waals surface area (Å²) in [4.78, 5) is 14.1. The number of carbonyl (C=O) groups is 1. The lowest BCUT2D eigenvalue weighted by atomic mass is 10.1. The number of hydrogen-bond acceptors (Lipinski definition) is 3. The molecule has 1 atom stereocenters. The molecule has 2 N–H and O–H groups in total. The second-order valence-corrected chi connectivity index (χ2v) is 4.93. The van der Waals surface area contributed by atoms with Crippen LogP contribution in [0.5, 0.6) is 0 Å². The molecule has 1 heterocycles. The van der Waals surface area contributed by atoms with Gasteiger partial charge in [-0.05, 0) is 18.4 Å². The number of halogens is 1. The van der Waals surface area contributed by atoms with Crippen LogP contribution >= 0.6 is 12.4 Å². The Hall–Kier alpha value is -1.10. The molecule has 0 bridgehead atoms. The molecule has 1 aromatic rings. The van der Waals surface area contributed by atoms with Gasteiger partial charge in [0.25, 0.3) is 0 Å². The van der Waals surface area contributed by atoms with E-state index in [1.807, 2.05) is 35.2 Å². The summed E-state index contributed by atoms with van der Waals surface area (Å²) in [5.74, 6) is 0.140. The molecule has 1 aromatic carbocycles. The first-order valence-corrected chi connectivity index (χ1v) is 6.93. The van der Waals surface area contributed by atoms with Crippen molar-refractivity contribution in [2.75, 3.05) is 19.7 Å². The van der Waals surface area contributed by atoms with Gasteiger partial charge in [-0.3, -0.25) is 4.79 Å². The van der Waals surface area contributed by atoms with E-state index in [4.69, 9.17) is 10.5 Å². The zero-order valence-electron chi connectivity index (χ0n) is 11.7. The van der Waals surface area contributed by atoms with E-state index in [-0.39, 0.29) is 24.4 Å². The topological polar surface area (TPSA) is 55.6 Å². The van der Waals surface area contributed by atoms with Gasteiger partial charge >= 0.3 is 0 Å². The summed E-state index contributed by atoms with van der Waals surface area (Å²) in [5, 5.41) is 0. The van der Waals surface area contributed by atoms with Crippen molar-refractivity contribution < 1.29 is 9.53 Å². The molecule has 20 heavy (non-hydrogen) atoms. The van der Waals surface area contributed by atoms with E-state index in [1.54, 1.807) is 0 Å². The van der Waals surface area contributed by atoms with Crippen LogP contribution in [0.1, 0.15) is 24.8 Å². The van der Waals surface area contributed by atoms with Gasteiger partial charge in [-0.25, -0.2) is 0 Å². The van der Waals surface area contributed by atoms with E-state index in [1.165, 1.54) is 0 Å². The minimum Gasteiger partial charge on any atom is -0.378 e. The number of nitrogens with two attached hydrogens (primary N) is 1. The summed E-state index contributed by atoms with van der Waals surface area (Å²) in [6.45, 7) is 2.50. The van der Waals surface area contributed by atoms with Gasteiger partial charge in [0.2, 0.25) is 5.91 Å². The normalized spacial score (nSPS) is 17.6. The number of ether oxygens (including phenoxy) is 1. The summed E-state index contributed by atoms with van der Waals surface area (Å²) in [6, 6.07) is 10.0. The Morgan fingerprint density at radius 2 is 2.10 bits per heavy atom. The lowest BCUT2D eigenvalue weighted by molar-refractivity contribution is -0.134. The number of rotatable bonds is 6. The van der Waals surface area contributed by atoms with Gasteiger partial charge < -0.3 is 15.4 Å². The standard InChI is InChI=1S/C15H22N2O2.ClH/c16-8-9-17(12-13-5-2-1-3-6-13)15(18)11-14-7-4-10-19-14;/h1-3,5-6,14H,4,7-12,16H2;1H. The van der Waals surface area contributed by atoms with Crippen LogP contribution in [0.4, 0.5) is 0 Å². The van der Waals surface area contributed by atoms with Crippen molar-refractivity contribution in [3.05, 3.63) is 35.9 Å². The molecule has 1 saturated heterocycles. The smallest absolute Gasteiger partial charge is 0.225 e. The first kappa shape index (κ1) is 17.0. The summed E-state index contributed by atoms with van der Waals surface area (Å²) in [5.41, 5.74) is 6.74. The van der Waals surface area contributed by atoms with Crippen molar-refractivity contribution in [2.45, 2.75) is 31.9 Å². The van der Waals surface area contributed by atoms with Crippen LogP contribution in [0, 0.1) is 0 Å². The molecule has 1 aliphatic heterocycles. The summed E-state index contributed by atoms with van der Waals surface area (Å²) in [7, 11) is 0. The zero-order chi connectivity index (χ0) is 13.5. The number of amides is 1.